The number of nitrogens with zero attached hydrogens (tertiary/aromatic N) is 2. The van der Waals surface area contributed by atoms with Crippen LogP contribution in [0.25, 0.3) is 11.0 Å². The number of carbonyl (C=O) groups is 1. The SMILES string of the molecule is Cc1ccccc1C1CCN(C(=O)CCc2nc3ccccc3[nH]2)C1. The molecule has 1 amide bonds. The number of aromatic amines is 1. The quantitative estimate of drug-likeness (QED) is 0.789. The zero-order valence-electron chi connectivity index (χ0n) is 14.5. The third kappa shape index (κ3) is 3.29. The van der Waals surface area contributed by atoms with Crippen LogP contribution in [0.3, 0.4) is 0 Å². The molecule has 4 nitrogen and oxygen atoms in total. The Bertz CT molecular complexity index is 866. The number of carbonyl (C=O) groups excluding carboxylic acids is 1. The second kappa shape index (κ2) is 6.71. The molecule has 1 unspecified atom stereocenters. The fourth-order valence-corrected chi connectivity index (χ4v) is 3.79. The number of imidazole rings is 1. The van der Waals surface area contributed by atoms with Gasteiger partial charge < -0.3 is 9.88 Å². The van der Waals surface area contributed by atoms with Crippen molar-refractivity contribution in [2.75, 3.05) is 13.1 Å². The number of amides is 1. The summed E-state index contributed by atoms with van der Waals surface area (Å²) in [5.74, 6) is 1.59. The molecule has 0 saturated carbocycles. The molecule has 128 valence electrons. The van der Waals surface area contributed by atoms with E-state index in [-0.39, 0.29) is 5.91 Å². The van der Waals surface area contributed by atoms with E-state index >= 15 is 0 Å². The molecule has 4 rings (SSSR count). The standard InChI is InChI=1S/C21H23N3O/c1-15-6-2-3-7-17(15)16-12-13-24(14-16)21(25)11-10-20-22-18-8-4-5-9-19(18)23-20/h2-9,16H,10-14H2,1H3,(H,22,23). The Morgan fingerprint density at radius 3 is 2.84 bits per heavy atom. The number of likely N-dealkylation sites (tertiary alicyclic amines) is 1. The molecule has 1 saturated heterocycles. The summed E-state index contributed by atoms with van der Waals surface area (Å²) in [7, 11) is 0. The maximum Gasteiger partial charge on any atom is 0.223 e. The molecule has 1 aromatic heterocycles. The largest absolute Gasteiger partial charge is 0.342 e. The first kappa shape index (κ1) is 15.9. The number of aryl methyl sites for hydroxylation is 2. The Morgan fingerprint density at radius 1 is 1.20 bits per heavy atom. The molecule has 1 fully saturated rings. The van der Waals surface area contributed by atoms with Gasteiger partial charge in [0.15, 0.2) is 0 Å². The first-order valence-corrected chi connectivity index (χ1v) is 8.97. The topological polar surface area (TPSA) is 49.0 Å². The number of benzene rings is 2. The molecular weight excluding hydrogens is 310 g/mol. The molecule has 0 bridgehead atoms. The van der Waals surface area contributed by atoms with E-state index in [0.717, 1.165) is 36.4 Å². The molecule has 1 aliphatic rings. The third-order valence-electron chi connectivity index (χ3n) is 5.18. The van der Waals surface area contributed by atoms with Gasteiger partial charge in [0.25, 0.3) is 0 Å². The number of nitrogens with one attached hydrogen (secondary N) is 1. The molecule has 1 atom stereocenters. The van der Waals surface area contributed by atoms with Gasteiger partial charge >= 0.3 is 0 Å². The maximum atomic E-state index is 12.6. The number of aromatic nitrogens is 2. The van der Waals surface area contributed by atoms with Crippen molar-refractivity contribution >= 4 is 16.9 Å². The van der Waals surface area contributed by atoms with Crippen LogP contribution in [0.5, 0.6) is 0 Å². The molecule has 3 aromatic rings. The van der Waals surface area contributed by atoms with Crippen molar-refractivity contribution in [1.29, 1.82) is 0 Å². The molecule has 4 heteroatoms. The van der Waals surface area contributed by atoms with Crippen molar-refractivity contribution in [1.82, 2.24) is 14.9 Å². The van der Waals surface area contributed by atoms with E-state index in [1.165, 1.54) is 11.1 Å². The third-order valence-corrected chi connectivity index (χ3v) is 5.18. The number of hydrogen-bond donors (Lipinski definition) is 1. The fourth-order valence-electron chi connectivity index (χ4n) is 3.79. The van der Waals surface area contributed by atoms with Crippen LogP contribution in [-0.2, 0) is 11.2 Å². The minimum Gasteiger partial charge on any atom is -0.342 e. The Balaban J connectivity index is 1.36. The van der Waals surface area contributed by atoms with Crippen molar-refractivity contribution in [2.45, 2.75) is 32.1 Å². The van der Waals surface area contributed by atoms with Crippen LogP contribution >= 0.6 is 0 Å². The zero-order chi connectivity index (χ0) is 17.2. The highest BCUT2D eigenvalue weighted by Gasteiger charge is 2.27. The second-order valence-corrected chi connectivity index (χ2v) is 6.88. The van der Waals surface area contributed by atoms with Crippen LogP contribution in [0.15, 0.2) is 48.5 Å². The van der Waals surface area contributed by atoms with Gasteiger partial charge in [-0.2, -0.15) is 0 Å². The average molecular weight is 333 g/mol. The summed E-state index contributed by atoms with van der Waals surface area (Å²) in [4.78, 5) is 22.5. The molecular formula is C21H23N3O. The summed E-state index contributed by atoms with van der Waals surface area (Å²) >= 11 is 0. The van der Waals surface area contributed by atoms with E-state index in [9.17, 15) is 4.79 Å². The van der Waals surface area contributed by atoms with E-state index in [1.54, 1.807) is 0 Å². The van der Waals surface area contributed by atoms with Gasteiger partial charge in [0, 0.05) is 31.8 Å². The number of rotatable bonds is 4. The Hall–Kier alpha value is -2.62. The lowest BCUT2D eigenvalue weighted by Crippen LogP contribution is -2.28. The minimum atomic E-state index is 0.233. The van der Waals surface area contributed by atoms with Crippen LogP contribution < -0.4 is 0 Å². The van der Waals surface area contributed by atoms with Gasteiger partial charge in [0.2, 0.25) is 5.91 Å². The number of fused-ring (bicyclic) bond motifs is 1. The number of para-hydroxylation sites is 2. The van der Waals surface area contributed by atoms with Gasteiger partial charge in [0.1, 0.15) is 5.82 Å². The lowest BCUT2D eigenvalue weighted by Gasteiger charge is -2.17. The summed E-state index contributed by atoms with van der Waals surface area (Å²) in [6, 6.07) is 16.5. The van der Waals surface area contributed by atoms with Crippen LogP contribution in [0.4, 0.5) is 0 Å². The maximum absolute atomic E-state index is 12.6. The van der Waals surface area contributed by atoms with E-state index in [1.807, 2.05) is 29.2 Å². The highest BCUT2D eigenvalue weighted by atomic mass is 16.2. The van der Waals surface area contributed by atoms with Crippen LogP contribution in [0.2, 0.25) is 0 Å². The normalized spacial score (nSPS) is 17.3. The molecule has 2 heterocycles. The molecule has 0 radical (unpaired) electrons. The van der Waals surface area contributed by atoms with Gasteiger partial charge in [-0.3, -0.25) is 4.79 Å². The first-order valence-electron chi connectivity index (χ1n) is 8.97. The smallest absolute Gasteiger partial charge is 0.223 e. The zero-order valence-corrected chi connectivity index (χ0v) is 14.5. The molecule has 0 aliphatic carbocycles. The Kier molecular flexibility index (Phi) is 4.26. The molecule has 2 aromatic carbocycles. The van der Waals surface area contributed by atoms with Crippen LogP contribution in [0, 0.1) is 6.92 Å². The van der Waals surface area contributed by atoms with Crippen LogP contribution in [0.1, 0.15) is 35.7 Å². The van der Waals surface area contributed by atoms with E-state index in [2.05, 4.69) is 41.2 Å². The molecule has 0 spiro atoms. The Morgan fingerprint density at radius 2 is 2.00 bits per heavy atom. The molecule has 1 aliphatic heterocycles. The van der Waals surface area contributed by atoms with E-state index in [4.69, 9.17) is 0 Å². The number of hydrogen-bond acceptors (Lipinski definition) is 2. The highest BCUT2D eigenvalue weighted by molar-refractivity contribution is 5.77. The van der Waals surface area contributed by atoms with E-state index < -0.39 is 0 Å². The summed E-state index contributed by atoms with van der Waals surface area (Å²) in [6.07, 6.45) is 2.24. The van der Waals surface area contributed by atoms with Crippen molar-refractivity contribution in [3.8, 4) is 0 Å². The highest BCUT2D eigenvalue weighted by Crippen LogP contribution is 2.29. The second-order valence-electron chi connectivity index (χ2n) is 6.88. The predicted octanol–water partition coefficient (Wildman–Crippen LogP) is 3.82. The monoisotopic (exact) mass is 333 g/mol. The average Bonchev–Trinajstić information content (AvgIpc) is 3.27. The van der Waals surface area contributed by atoms with Crippen molar-refractivity contribution in [3.63, 3.8) is 0 Å². The van der Waals surface area contributed by atoms with Crippen molar-refractivity contribution in [3.05, 3.63) is 65.5 Å². The number of H-pyrrole nitrogens is 1. The van der Waals surface area contributed by atoms with Crippen molar-refractivity contribution < 1.29 is 4.79 Å². The van der Waals surface area contributed by atoms with Gasteiger partial charge in [-0.05, 0) is 36.6 Å². The minimum absolute atomic E-state index is 0.233. The summed E-state index contributed by atoms with van der Waals surface area (Å²) in [5.41, 5.74) is 4.70. The molecule has 1 N–H and O–H groups in total. The first-order chi connectivity index (χ1) is 12.2. The van der Waals surface area contributed by atoms with Gasteiger partial charge in [0.05, 0.1) is 11.0 Å². The van der Waals surface area contributed by atoms with Gasteiger partial charge in [-0.15, -0.1) is 0 Å². The summed E-state index contributed by atoms with van der Waals surface area (Å²) in [5, 5.41) is 0. The van der Waals surface area contributed by atoms with Crippen molar-refractivity contribution in [2.24, 2.45) is 0 Å². The van der Waals surface area contributed by atoms with Gasteiger partial charge in [-0.1, -0.05) is 36.4 Å². The van der Waals surface area contributed by atoms with Crippen LogP contribution in [-0.4, -0.2) is 33.9 Å². The lowest BCUT2D eigenvalue weighted by molar-refractivity contribution is -0.130. The fraction of sp³-hybridized carbons (Fsp3) is 0.333. The lowest BCUT2D eigenvalue weighted by atomic mass is 9.94. The van der Waals surface area contributed by atoms with E-state index in [0.29, 0.717) is 18.8 Å². The summed E-state index contributed by atoms with van der Waals surface area (Å²) < 4.78 is 0. The summed E-state index contributed by atoms with van der Waals surface area (Å²) in [6.45, 7) is 3.85. The molecule has 25 heavy (non-hydrogen) atoms. The Labute approximate surface area is 147 Å². The van der Waals surface area contributed by atoms with Gasteiger partial charge in [-0.25, -0.2) is 4.98 Å². The predicted molar refractivity (Wildman–Crippen MR) is 99.5 cm³/mol.